The van der Waals surface area contributed by atoms with Gasteiger partial charge in [-0.15, -0.1) is 0 Å². The van der Waals surface area contributed by atoms with E-state index >= 15 is 0 Å². The van der Waals surface area contributed by atoms with Crippen LogP contribution in [0.2, 0.25) is 0 Å². The standard InChI is InChI=1S/C13H26FN/c1-11(2)7-8-13(3,14)10-12-6-4-5-9-15-12/h11-12,15H,4-10H2,1-3H3. The first-order chi connectivity index (χ1) is 6.99. The zero-order chi connectivity index (χ0) is 11.3. The third kappa shape index (κ3) is 5.50. The van der Waals surface area contributed by atoms with Crippen LogP contribution in [-0.4, -0.2) is 18.3 Å². The Kier molecular flexibility index (Phi) is 5.04. The summed E-state index contributed by atoms with van der Waals surface area (Å²) in [6, 6.07) is 0.418. The molecule has 1 fully saturated rings. The third-order valence-electron chi connectivity index (χ3n) is 3.33. The van der Waals surface area contributed by atoms with E-state index in [2.05, 4.69) is 19.2 Å². The molecule has 0 aromatic rings. The maximum absolute atomic E-state index is 14.2. The highest BCUT2D eigenvalue weighted by molar-refractivity contribution is 4.83. The molecule has 1 nitrogen and oxygen atoms in total. The Morgan fingerprint density at radius 3 is 2.67 bits per heavy atom. The van der Waals surface area contributed by atoms with Gasteiger partial charge < -0.3 is 5.32 Å². The van der Waals surface area contributed by atoms with Crippen LogP contribution in [0.25, 0.3) is 0 Å². The van der Waals surface area contributed by atoms with Gasteiger partial charge in [0.2, 0.25) is 0 Å². The first-order valence-corrected chi connectivity index (χ1v) is 6.42. The molecule has 1 aliphatic heterocycles. The van der Waals surface area contributed by atoms with Crippen molar-refractivity contribution in [2.45, 2.75) is 71.0 Å². The number of hydrogen-bond donors (Lipinski definition) is 1. The lowest BCUT2D eigenvalue weighted by Crippen LogP contribution is -2.39. The van der Waals surface area contributed by atoms with E-state index in [9.17, 15) is 4.39 Å². The smallest absolute Gasteiger partial charge is 0.109 e. The molecule has 2 atom stereocenters. The van der Waals surface area contributed by atoms with Crippen molar-refractivity contribution in [3.63, 3.8) is 0 Å². The zero-order valence-corrected chi connectivity index (χ0v) is 10.5. The van der Waals surface area contributed by atoms with Gasteiger partial charge in [-0.05, 0) is 51.5 Å². The first kappa shape index (κ1) is 13.0. The van der Waals surface area contributed by atoms with Gasteiger partial charge in [0.25, 0.3) is 0 Å². The largest absolute Gasteiger partial charge is 0.314 e. The minimum absolute atomic E-state index is 0.418. The predicted molar refractivity (Wildman–Crippen MR) is 63.8 cm³/mol. The minimum Gasteiger partial charge on any atom is -0.314 e. The summed E-state index contributed by atoms with van der Waals surface area (Å²) in [5.74, 6) is 0.611. The van der Waals surface area contributed by atoms with Gasteiger partial charge >= 0.3 is 0 Å². The molecule has 0 radical (unpaired) electrons. The summed E-state index contributed by atoms with van der Waals surface area (Å²) in [4.78, 5) is 0. The average molecular weight is 215 g/mol. The van der Waals surface area contributed by atoms with Crippen molar-refractivity contribution < 1.29 is 4.39 Å². The molecule has 0 spiro atoms. The summed E-state index contributed by atoms with van der Waals surface area (Å²) in [6.07, 6.45) is 6.08. The lowest BCUT2D eigenvalue weighted by atomic mass is 9.88. The Labute approximate surface area is 93.8 Å². The fourth-order valence-electron chi connectivity index (χ4n) is 2.30. The van der Waals surface area contributed by atoms with E-state index < -0.39 is 5.67 Å². The van der Waals surface area contributed by atoms with E-state index in [4.69, 9.17) is 0 Å². The van der Waals surface area contributed by atoms with Gasteiger partial charge in [-0.3, -0.25) is 0 Å². The van der Waals surface area contributed by atoms with Gasteiger partial charge in [0, 0.05) is 6.04 Å². The molecule has 1 aliphatic rings. The van der Waals surface area contributed by atoms with E-state index in [1.165, 1.54) is 12.8 Å². The maximum atomic E-state index is 14.2. The van der Waals surface area contributed by atoms with Crippen LogP contribution in [0.5, 0.6) is 0 Å². The predicted octanol–water partition coefficient (Wildman–Crippen LogP) is 3.68. The van der Waals surface area contributed by atoms with Crippen LogP contribution < -0.4 is 5.32 Å². The van der Waals surface area contributed by atoms with E-state index in [0.29, 0.717) is 24.8 Å². The van der Waals surface area contributed by atoms with Crippen LogP contribution in [0.4, 0.5) is 4.39 Å². The number of hydrogen-bond acceptors (Lipinski definition) is 1. The molecule has 0 bridgehead atoms. The van der Waals surface area contributed by atoms with Crippen LogP contribution in [0, 0.1) is 5.92 Å². The van der Waals surface area contributed by atoms with Crippen molar-refractivity contribution >= 4 is 0 Å². The number of halogens is 1. The van der Waals surface area contributed by atoms with E-state index in [1.807, 2.05) is 0 Å². The Morgan fingerprint density at radius 1 is 1.40 bits per heavy atom. The first-order valence-electron chi connectivity index (χ1n) is 6.42. The van der Waals surface area contributed by atoms with Crippen molar-refractivity contribution in [3.8, 4) is 0 Å². The molecule has 0 aliphatic carbocycles. The van der Waals surface area contributed by atoms with Crippen LogP contribution in [-0.2, 0) is 0 Å². The second-order valence-corrected chi connectivity index (χ2v) is 5.70. The second kappa shape index (κ2) is 5.83. The Morgan fingerprint density at radius 2 is 2.13 bits per heavy atom. The molecule has 2 unspecified atom stereocenters. The summed E-state index contributed by atoms with van der Waals surface area (Å²) in [7, 11) is 0. The van der Waals surface area contributed by atoms with Crippen LogP contribution in [0.15, 0.2) is 0 Å². The third-order valence-corrected chi connectivity index (χ3v) is 3.33. The molecule has 2 heteroatoms. The van der Waals surface area contributed by atoms with E-state index in [1.54, 1.807) is 6.92 Å². The molecular weight excluding hydrogens is 189 g/mol. The van der Waals surface area contributed by atoms with Crippen molar-refractivity contribution in [2.75, 3.05) is 6.54 Å². The molecule has 0 amide bonds. The fourth-order valence-corrected chi connectivity index (χ4v) is 2.30. The molecule has 1 rings (SSSR count). The SMILES string of the molecule is CC(C)CCC(C)(F)CC1CCCCN1. The topological polar surface area (TPSA) is 12.0 Å². The Balaban J connectivity index is 2.26. The Bertz CT molecular complexity index is 171. The summed E-state index contributed by atoms with van der Waals surface area (Å²) in [6.45, 7) is 7.17. The lowest BCUT2D eigenvalue weighted by molar-refractivity contribution is 0.126. The fraction of sp³-hybridized carbons (Fsp3) is 1.00. The van der Waals surface area contributed by atoms with Crippen molar-refractivity contribution in [1.29, 1.82) is 0 Å². The average Bonchev–Trinajstić information content (AvgIpc) is 2.16. The number of nitrogens with one attached hydrogen (secondary N) is 1. The normalized spacial score (nSPS) is 26.6. The summed E-state index contributed by atoms with van der Waals surface area (Å²) in [5, 5.41) is 3.42. The molecule has 1 heterocycles. The van der Waals surface area contributed by atoms with E-state index in [0.717, 1.165) is 19.4 Å². The van der Waals surface area contributed by atoms with Gasteiger partial charge in [-0.2, -0.15) is 0 Å². The molecule has 0 aromatic carbocycles. The van der Waals surface area contributed by atoms with Crippen LogP contribution >= 0.6 is 0 Å². The van der Waals surface area contributed by atoms with Crippen molar-refractivity contribution in [2.24, 2.45) is 5.92 Å². The zero-order valence-electron chi connectivity index (χ0n) is 10.5. The summed E-state index contributed by atoms with van der Waals surface area (Å²) >= 11 is 0. The van der Waals surface area contributed by atoms with Gasteiger partial charge in [0.05, 0.1) is 0 Å². The van der Waals surface area contributed by atoms with Gasteiger partial charge in [-0.25, -0.2) is 4.39 Å². The van der Waals surface area contributed by atoms with E-state index in [-0.39, 0.29) is 0 Å². The monoisotopic (exact) mass is 215 g/mol. The summed E-state index contributed by atoms with van der Waals surface area (Å²) in [5.41, 5.74) is -0.973. The molecule has 15 heavy (non-hydrogen) atoms. The molecule has 90 valence electrons. The van der Waals surface area contributed by atoms with Crippen LogP contribution in [0.1, 0.15) is 59.3 Å². The van der Waals surface area contributed by atoms with Gasteiger partial charge in [-0.1, -0.05) is 20.3 Å². The second-order valence-electron chi connectivity index (χ2n) is 5.70. The highest BCUT2D eigenvalue weighted by Crippen LogP contribution is 2.28. The van der Waals surface area contributed by atoms with Gasteiger partial charge in [0.15, 0.2) is 0 Å². The van der Waals surface area contributed by atoms with Gasteiger partial charge in [0.1, 0.15) is 5.67 Å². The molecule has 0 aromatic heterocycles. The molecule has 1 N–H and O–H groups in total. The molecular formula is C13H26FN. The number of alkyl halides is 1. The Hall–Kier alpha value is -0.110. The number of rotatable bonds is 5. The van der Waals surface area contributed by atoms with Crippen molar-refractivity contribution in [1.82, 2.24) is 5.32 Å². The summed E-state index contributed by atoms with van der Waals surface area (Å²) < 4.78 is 14.2. The quantitative estimate of drug-likeness (QED) is 0.737. The maximum Gasteiger partial charge on any atom is 0.109 e. The molecule has 1 saturated heterocycles. The van der Waals surface area contributed by atoms with Crippen molar-refractivity contribution in [3.05, 3.63) is 0 Å². The number of piperidine rings is 1. The highest BCUT2D eigenvalue weighted by atomic mass is 19.1. The van der Waals surface area contributed by atoms with Crippen LogP contribution in [0.3, 0.4) is 0 Å². The highest BCUT2D eigenvalue weighted by Gasteiger charge is 2.28. The minimum atomic E-state index is -0.973. The molecule has 0 saturated carbocycles. The lowest BCUT2D eigenvalue weighted by Gasteiger charge is -2.30.